The number of hydrogen-bond donors (Lipinski definition) is 1. The van der Waals surface area contributed by atoms with Crippen LogP contribution in [0, 0.1) is 11.3 Å². The summed E-state index contributed by atoms with van der Waals surface area (Å²) >= 11 is 0. The Hall–Kier alpha value is -4.37. The van der Waals surface area contributed by atoms with Gasteiger partial charge < -0.3 is 5.73 Å². The predicted octanol–water partition coefficient (Wildman–Crippen LogP) is 3.42. The lowest BCUT2D eigenvalue weighted by molar-refractivity contribution is 0.670. The van der Waals surface area contributed by atoms with Crippen molar-refractivity contribution in [3.8, 4) is 17.2 Å². The Morgan fingerprint density at radius 2 is 1.63 bits per heavy atom. The lowest BCUT2D eigenvalue weighted by atomic mass is 9.77. The topological polar surface area (TPSA) is 101 Å². The van der Waals surface area contributed by atoms with Crippen LogP contribution in [0.5, 0.6) is 0 Å². The van der Waals surface area contributed by atoms with Crippen LogP contribution in [0.25, 0.3) is 11.1 Å². The van der Waals surface area contributed by atoms with Crippen LogP contribution in [0.4, 0.5) is 0 Å². The average molecular weight is 388 g/mol. The molecule has 0 amide bonds. The zero-order valence-corrected chi connectivity index (χ0v) is 15.9. The Labute approximate surface area is 173 Å². The molecule has 2 N–H and O–H groups in total. The summed E-state index contributed by atoms with van der Waals surface area (Å²) in [4.78, 5) is 17.4. The minimum Gasteiger partial charge on any atom is -0.383 e. The van der Waals surface area contributed by atoms with Crippen LogP contribution in [0.2, 0.25) is 0 Å². The lowest BCUT2D eigenvalue weighted by Crippen LogP contribution is -2.25. The highest BCUT2D eigenvalue weighted by Gasteiger charge is 2.43. The number of hydrogen-bond acceptors (Lipinski definition) is 6. The second-order valence-electron chi connectivity index (χ2n) is 7.02. The van der Waals surface area contributed by atoms with Gasteiger partial charge in [-0.3, -0.25) is 4.98 Å². The summed E-state index contributed by atoms with van der Waals surface area (Å²) < 4.78 is 0. The summed E-state index contributed by atoms with van der Waals surface area (Å²) in [5, 5.41) is 9.50. The van der Waals surface area contributed by atoms with Gasteiger partial charge in [0, 0.05) is 41.5 Å². The number of fused-ring (bicyclic) bond motifs is 1. The molecule has 142 valence electrons. The van der Waals surface area contributed by atoms with Gasteiger partial charge in [0.1, 0.15) is 17.7 Å². The van der Waals surface area contributed by atoms with Gasteiger partial charge in [0.25, 0.3) is 0 Å². The number of nitrogens with zero attached hydrogens (tertiary/aromatic N) is 5. The van der Waals surface area contributed by atoms with E-state index in [2.05, 4.69) is 27.1 Å². The minimum atomic E-state index is -0.874. The lowest BCUT2D eigenvalue weighted by Gasteiger charge is -2.29. The third kappa shape index (κ3) is 2.65. The summed E-state index contributed by atoms with van der Waals surface area (Å²) in [6.07, 6.45) is 8.54. The summed E-state index contributed by atoms with van der Waals surface area (Å²) in [5.74, 6) is 0.444. The van der Waals surface area contributed by atoms with Gasteiger partial charge in [-0.2, -0.15) is 5.26 Å². The molecule has 1 aliphatic rings. The van der Waals surface area contributed by atoms with E-state index in [1.54, 1.807) is 30.9 Å². The maximum atomic E-state index is 9.50. The van der Waals surface area contributed by atoms with E-state index in [9.17, 15) is 5.26 Å². The second kappa shape index (κ2) is 6.90. The number of benzene rings is 2. The van der Waals surface area contributed by atoms with Crippen molar-refractivity contribution in [3.63, 3.8) is 0 Å². The molecule has 1 aliphatic heterocycles. The fourth-order valence-electron chi connectivity index (χ4n) is 4.01. The van der Waals surface area contributed by atoms with Gasteiger partial charge in [0.2, 0.25) is 0 Å². The highest BCUT2D eigenvalue weighted by Crippen LogP contribution is 2.46. The van der Waals surface area contributed by atoms with Gasteiger partial charge in [-0.05, 0) is 53.1 Å². The van der Waals surface area contributed by atoms with Crippen molar-refractivity contribution in [1.29, 1.82) is 5.26 Å². The summed E-state index contributed by atoms with van der Waals surface area (Å²) in [6.45, 7) is 0. The van der Waals surface area contributed by atoms with E-state index in [-0.39, 0.29) is 0 Å². The monoisotopic (exact) mass is 388 g/mol. The van der Waals surface area contributed by atoms with E-state index >= 15 is 0 Å². The van der Waals surface area contributed by atoms with E-state index < -0.39 is 5.54 Å². The Balaban J connectivity index is 1.81. The molecule has 1 unspecified atom stereocenters. The van der Waals surface area contributed by atoms with Gasteiger partial charge in [0.05, 0.1) is 11.6 Å². The second-order valence-corrected chi connectivity index (χ2v) is 7.02. The van der Waals surface area contributed by atoms with Crippen molar-refractivity contribution in [2.75, 3.05) is 0 Å². The number of amidine groups is 1. The Kier molecular flexibility index (Phi) is 4.08. The molecule has 0 fully saturated rings. The molecule has 3 heterocycles. The van der Waals surface area contributed by atoms with Gasteiger partial charge in [-0.1, -0.05) is 18.2 Å². The molecule has 0 spiro atoms. The molecule has 0 saturated heterocycles. The van der Waals surface area contributed by atoms with E-state index in [4.69, 9.17) is 10.7 Å². The van der Waals surface area contributed by atoms with Crippen LogP contribution in [-0.4, -0.2) is 20.8 Å². The van der Waals surface area contributed by atoms with Crippen LogP contribution >= 0.6 is 0 Å². The molecule has 0 bridgehead atoms. The fraction of sp³-hybridized carbons (Fsp3) is 0.0417. The Bertz CT molecular complexity index is 1310. The van der Waals surface area contributed by atoms with Crippen molar-refractivity contribution < 1.29 is 0 Å². The van der Waals surface area contributed by atoms with E-state index in [0.717, 1.165) is 33.4 Å². The zero-order chi connectivity index (χ0) is 20.6. The molecule has 2 aromatic carbocycles. The molecule has 4 aromatic rings. The summed E-state index contributed by atoms with van der Waals surface area (Å²) in [5.41, 5.74) is 11.5. The minimum absolute atomic E-state index is 0.444. The van der Waals surface area contributed by atoms with Crippen molar-refractivity contribution in [2.24, 2.45) is 10.7 Å². The van der Waals surface area contributed by atoms with Crippen molar-refractivity contribution in [3.05, 3.63) is 114 Å². The molecular formula is C24H16N6. The highest BCUT2D eigenvalue weighted by atomic mass is 15.0. The van der Waals surface area contributed by atoms with Crippen LogP contribution < -0.4 is 5.73 Å². The first-order valence-corrected chi connectivity index (χ1v) is 9.39. The highest BCUT2D eigenvalue weighted by molar-refractivity contribution is 6.03. The molecule has 30 heavy (non-hydrogen) atoms. The molecule has 5 rings (SSSR count). The largest absolute Gasteiger partial charge is 0.383 e. The molecule has 2 aromatic heterocycles. The fourth-order valence-corrected chi connectivity index (χ4v) is 4.01. The first-order valence-electron chi connectivity index (χ1n) is 9.39. The van der Waals surface area contributed by atoms with Crippen molar-refractivity contribution >= 4 is 5.84 Å². The van der Waals surface area contributed by atoms with Crippen molar-refractivity contribution in [2.45, 2.75) is 5.54 Å². The normalized spacial score (nSPS) is 17.1. The summed E-state index contributed by atoms with van der Waals surface area (Å²) in [7, 11) is 0. The predicted molar refractivity (Wildman–Crippen MR) is 113 cm³/mol. The first kappa shape index (κ1) is 17.7. The third-order valence-corrected chi connectivity index (χ3v) is 5.37. The molecule has 0 aliphatic carbocycles. The summed E-state index contributed by atoms with van der Waals surface area (Å²) in [6, 6.07) is 19.7. The Morgan fingerprint density at radius 3 is 2.40 bits per heavy atom. The molecule has 6 heteroatoms. The van der Waals surface area contributed by atoms with E-state index in [1.807, 2.05) is 42.5 Å². The third-order valence-electron chi connectivity index (χ3n) is 5.37. The number of nitriles is 1. The van der Waals surface area contributed by atoms with Gasteiger partial charge >= 0.3 is 0 Å². The standard InChI is InChI=1S/C24H16N6/c25-12-16-4-5-21-22(10-16)24(30-23(21)26,19-6-8-27-9-7-19)20-3-1-2-17(11-20)18-13-28-15-29-14-18/h1-11,13-15H,(H2,26,30). The molecular weight excluding hydrogens is 372 g/mol. The quantitative estimate of drug-likeness (QED) is 0.579. The number of pyridine rings is 1. The van der Waals surface area contributed by atoms with Gasteiger partial charge in [0.15, 0.2) is 0 Å². The van der Waals surface area contributed by atoms with Crippen LogP contribution in [0.1, 0.15) is 27.8 Å². The average Bonchev–Trinajstić information content (AvgIpc) is 3.13. The number of rotatable bonds is 3. The van der Waals surface area contributed by atoms with Crippen LogP contribution in [0.15, 0.2) is 90.7 Å². The van der Waals surface area contributed by atoms with Crippen LogP contribution in [0.3, 0.4) is 0 Å². The smallest absolute Gasteiger partial charge is 0.139 e. The molecule has 0 radical (unpaired) electrons. The molecule has 6 nitrogen and oxygen atoms in total. The maximum absolute atomic E-state index is 9.50. The van der Waals surface area contributed by atoms with Crippen LogP contribution in [-0.2, 0) is 5.54 Å². The molecule has 1 atom stereocenters. The SMILES string of the molecule is N#Cc1ccc2c(c1)C(c1ccncc1)(c1cccc(-c3cncnc3)c1)N=C2N. The van der Waals surface area contributed by atoms with E-state index in [0.29, 0.717) is 11.4 Å². The zero-order valence-electron chi connectivity index (χ0n) is 15.9. The van der Waals surface area contributed by atoms with E-state index in [1.165, 1.54) is 6.33 Å². The number of aromatic nitrogens is 3. The Morgan fingerprint density at radius 1 is 0.833 bits per heavy atom. The number of nitrogens with two attached hydrogens (primary N) is 1. The van der Waals surface area contributed by atoms with Crippen molar-refractivity contribution in [1.82, 2.24) is 15.0 Å². The molecule has 0 saturated carbocycles. The first-order chi connectivity index (χ1) is 14.7. The maximum Gasteiger partial charge on any atom is 0.139 e. The van der Waals surface area contributed by atoms with Gasteiger partial charge in [-0.15, -0.1) is 0 Å². The van der Waals surface area contributed by atoms with Gasteiger partial charge in [-0.25, -0.2) is 15.0 Å². The number of aliphatic imine (C=N–C) groups is 1.